The van der Waals surface area contributed by atoms with Crippen molar-refractivity contribution >= 4 is 5.97 Å². The van der Waals surface area contributed by atoms with Crippen LogP contribution < -0.4 is 0 Å². The Labute approximate surface area is 76.4 Å². The molecule has 3 atom stereocenters. The Hall–Kier alpha value is -0.930. The van der Waals surface area contributed by atoms with E-state index in [1.54, 1.807) is 0 Å². The summed E-state index contributed by atoms with van der Waals surface area (Å²) >= 11 is 0. The average Bonchev–Trinajstić information content (AvgIpc) is 2.95. The second kappa shape index (κ2) is 1.79. The van der Waals surface area contributed by atoms with Gasteiger partial charge in [-0.05, 0) is 19.8 Å². The van der Waals surface area contributed by atoms with Gasteiger partial charge >= 0.3 is 5.97 Å². The number of azo groups is 1. The fourth-order valence-electron chi connectivity index (χ4n) is 2.79. The van der Waals surface area contributed by atoms with Crippen molar-refractivity contribution in [3.8, 4) is 0 Å². The molecular weight excluding hydrogens is 168 g/mol. The molecule has 2 aliphatic carbocycles. The van der Waals surface area contributed by atoms with E-state index in [1.807, 2.05) is 6.92 Å². The zero-order valence-corrected chi connectivity index (χ0v) is 7.78. The lowest BCUT2D eigenvalue weighted by Gasteiger charge is -2.03. The second-order valence-electron chi connectivity index (χ2n) is 4.51. The zero-order valence-electron chi connectivity index (χ0n) is 7.78. The smallest absolute Gasteiger partial charge is 0.311 e. The van der Waals surface area contributed by atoms with Crippen LogP contribution in [-0.2, 0) is 9.53 Å². The Bertz CT molecular complexity index is 322. The summed E-state index contributed by atoms with van der Waals surface area (Å²) < 4.78 is 4.76. The van der Waals surface area contributed by atoms with Gasteiger partial charge in [0, 0.05) is 5.92 Å². The van der Waals surface area contributed by atoms with Gasteiger partial charge in [0.05, 0.1) is 24.1 Å². The molecule has 1 aliphatic heterocycles. The Morgan fingerprint density at radius 1 is 1.46 bits per heavy atom. The molecule has 1 heterocycles. The summed E-state index contributed by atoms with van der Waals surface area (Å²) in [5.41, 5.74) is -0.169. The van der Waals surface area contributed by atoms with Gasteiger partial charge in [-0.1, -0.05) is 0 Å². The van der Waals surface area contributed by atoms with Crippen LogP contribution in [0.25, 0.3) is 0 Å². The van der Waals surface area contributed by atoms with Crippen LogP contribution >= 0.6 is 0 Å². The van der Waals surface area contributed by atoms with Crippen LogP contribution in [0.4, 0.5) is 0 Å². The molecule has 0 unspecified atom stereocenters. The number of carbonyl (C=O) groups is 1. The van der Waals surface area contributed by atoms with Gasteiger partial charge in [0.2, 0.25) is 0 Å². The Morgan fingerprint density at radius 3 is 2.69 bits per heavy atom. The van der Waals surface area contributed by atoms with Gasteiger partial charge in [0.1, 0.15) is 0 Å². The highest BCUT2D eigenvalue weighted by molar-refractivity contribution is 5.80. The van der Waals surface area contributed by atoms with Crippen LogP contribution in [0.1, 0.15) is 19.8 Å². The molecule has 0 bridgehead atoms. The minimum absolute atomic E-state index is 0.0162. The Balaban J connectivity index is 1.90. The monoisotopic (exact) mass is 180 g/mol. The second-order valence-corrected chi connectivity index (χ2v) is 4.51. The number of carbonyl (C=O) groups excluding carboxylic acids is 1. The summed E-state index contributed by atoms with van der Waals surface area (Å²) in [6, 6.07) is 0. The summed E-state index contributed by atoms with van der Waals surface area (Å²) in [6.07, 6.45) is 2.20. The third kappa shape index (κ3) is 0.663. The van der Waals surface area contributed by atoms with Crippen molar-refractivity contribution in [2.75, 3.05) is 7.11 Å². The molecule has 3 rings (SSSR count). The molecule has 0 aromatic rings. The number of hydrogen-bond acceptors (Lipinski definition) is 4. The number of fused-ring (bicyclic) bond motifs is 2. The highest BCUT2D eigenvalue weighted by Crippen LogP contribution is 2.71. The molecule has 4 nitrogen and oxygen atoms in total. The fraction of sp³-hybridized carbons (Fsp3) is 0.889. The van der Waals surface area contributed by atoms with Crippen molar-refractivity contribution in [3.05, 3.63) is 0 Å². The summed E-state index contributed by atoms with van der Waals surface area (Å²) in [5, 5.41) is 8.50. The van der Waals surface area contributed by atoms with Gasteiger partial charge in [-0.2, -0.15) is 10.2 Å². The SMILES string of the molecule is COC(=O)[C@@H]1[C@H]2C3(CC3)N=N[C@@]12C. The number of esters is 1. The molecular formula is C9H12N2O2. The summed E-state index contributed by atoms with van der Waals surface area (Å²) in [6.45, 7) is 2.01. The maximum absolute atomic E-state index is 11.4. The van der Waals surface area contributed by atoms with Gasteiger partial charge in [0.15, 0.2) is 0 Å². The van der Waals surface area contributed by atoms with E-state index in [-0.39, 0.29) is 23.0 Å². The van der Waals surface area contributed by atoms with Crippen molar-refractivity contribution in [3.63, 3.8) is 0 Å². The van der Waals surface area contributed by atoms with Crippen LogP contribution in [0.2, 0.25) is 0 Å². The van der Waals surface area contributed by atoms with E-state index in [2.05, 4.69) is 10.2 Å². The van der Waals surface area contributed by atoms with Crippen LogP contribution in [-0.4, -0.2) is 24.2 Å². The quantitative estimate of drug-likeness (QED) is 0.568. The van der Waals surface area contributed by atoms with E-state index < -0.39 is 0 Å². The first kappa shape index (κ1) is 7.47. The molecule has 1 spiro atoms. The lowest BCUT2D eigenvalue weighted by Crippen LogP contribution is -2.14. The largest absolute Gasteiger partial charge is 0.469 e. The molecule has 0 amide bonds. The lowest BCUT2D eigenvalue weighted by molar-refractivity contribution is -0.143. The van der Waals surface area contributed by atoms with Crippen molar-refractivity contribution in [1.29, 1.82) is 0 Å². The molecule has 0 radical (unpaired) electrons. The Kier molecular flexibility index (Phi) is 1.03. The van der Waals surface area contributed by atoms with Gasteiger partial charge in [0.25, 0.3) is 0 Å². The number of rotatable bonds is 1. The maximum Gasteiger partial charge on any atom is 0.311 e. The molecule has 3 aliphatic rings. The van der Waals surface area contributed by atoms with E-state index in [1.165, 1.54) is 7.11 Å². The summed E-state index contributed by atoms with van der Waals surface area (Å²) in [5.74, 6) is 0.211. The average molecular weight is 180 g/mol. The third-order valence-electron chi connectivity index (χ3n) is 3.74. The summed E-state index contributed by atoms with van der Waals surface area (Å²) in [4.78, 5) is 11.4. The first-order chi connectivity index (χ1) is 6.14. The minimum Gasteiger partial charge on any atom is -0.469 e. The normalized spacial score (nSPS) is 47.5. The van der Waals surface area contributed by atoms with E-state index >= 15 is 0 Å². The van der Waals surface area contributed by atoms with Crippen LogP contribution in [0.15, 0.2) is 10.2 Å². The Morgan fingerprint density at radius 2 is 2.15 bits per heavy atom. The van der Waals surface area contributed by atoms with Crippen molar-refractivity contribution in [2.45, 2.75) is 30.8 Å². The molecule has 2 fully saturated rings. The standard InChI is InChI=1S/C9H12N2O2/c1-8-5(7(12)13-2)6(8)9(3-4-9)11-10-8/h5-6H,3-4H2,1-2H3/t5-,6+,8-/m0/s1. The third-order valence-corrected chi connectivity index (χ3v) is 3.74. The van der Waals surface area contributed by atoms with Crippen LogP contribution in [0, 0.1) is 11.8 Å². The number of hydrogen-bond donors (Lipinski definition) is 0. The molecule has 0 saturated heterocycles. The summed E-state index contributed by atoms with van der Waals surface area (Å²) in [7, 11) is 1.44. The molecule has 13 heavy (non-hydrogen) atoms. The first-order valence-corrected chi connectivity index (χ1v) is 4.66. The topological polar surface area (TPSA) is 51.0 Å². The van der Waals surface area contributed by atoms with Crippen LogP contribution in [0.3, 0.4) is 0 Å². The van der Waals surface area contributed by atoms with Gasteiger partial charge in [-0.3, -0.25) is 4.79 Å². The highest BCUT2D eigenvalue weighted by Gasteiger charge is 2.80. The lowest BCUT2D eigenvalue weighted by atomic mass is 10.1. The van der Waals surface area contributed by atoms with Crippen molar-refractivity contribution in [2.24, 2.45) is 22.1 Å². The first-order valence-electron chi connectivity index (χ1n) is 4.66. The van der Waals surface area contributed by atoms with Crippen molar-refractivity contribution < 1.29 is 9.53 Å². The fourth-order valence-corrected chi connectivity index (χ4v) is 2.79. The molecule has 0 N–H and O–H groups in total. The number of ether oxygens (including phenoxy) is 1. The van der Waals surface area contributed by atoms with Crippen molar-refractivity contribution in [1.82, 2.24) is 0 Å². The molecule has 4 heteroatoms. The molecule has 0 aromatic heterocycles. The molecule has 2 saturated carbocycles. The molecule has 70 valence electrons. The van der Waals surface area contributed by atoms with Gasteiger partial charge in [-0.25, -0.2) is 0 Å². The van der Waals surface area contributed by atoms with E-state index in [9.17, 15) is 4.79 Å². The number of nitrogens with zero attached hydrogens (tertiary/aromatic N) is 2. The maximum atomic E-state index is 11.4. The molecule has 0 aromatic carbocycles. The predicted octanol–water partition coefficient (Wildman–Crippen LogP) is 1.16. The van der Waals surface area contributed by atoms with E-state index in [0.717, 1.165) is 12.8 Å². The zero-order chi connectivity index (χ0) is 9.27. The number of methoxy groups -OCH3 is 1. The van der Waals surface area contributed by atoms with Gasteiger partial charge < -0.3 is 4.74 Å². The minimum atomic E-state index is -0.219. The van der Waals surface area contributed by atoms with Crippen LogP contribution in [0.5, 0.6) is 0 Å². The predicted molar refractivity (Wildman–Crippen MR) is 44.2 cm³/mol. The van der Waals surface area contributed by atoms with E-state index in [0.29, 0.717) is 5.92 Å². The highest BCUT2D eigenvalue weighted by atomic mass is 16.5. The van der Waals surface area contributed by atoms with E-state index in [4.69, 9.17) is 4.74 Å². The van der Waals surface area contributed by atoms with Gasteiger partial charge in [-0.15, -0.1) is 0 Å².